The van der Waals surface area contributed by atoms with E-state index in [1.807, 2.05) is 12.1 Å². The molecule has 10 nitrogen and oxygen atoms in total. The fourth-order valence-corrected chi connectivity index (χ4v) is 4.49. The van der Waals surface area contributed by atoms with Gasteiger partial charge in [0, 0.05) is 24.8 Å². The number of hydrogen-bond donors (Lipinski definition) is 3. The van der Waals surface area contributed by atoms with Crippen LogP contribution in [0.2, 0.25) is 0 Å². The topological polar surface area (TPSA) is 112 Å². The SMILES string of the molecule is COc1nc(N[C@@H]2CN(C3COC3)CC2(F)F)nn2ccc(-c3ccc(N=N)c(NCCCF)c3)c12. The third-order valence-corrected chi connectivity index (χ3v) is 6.51. The first kappa shape index (κ1) is 24.3. The van der Waals surface area contributed by atoms with E-state index >= 15 is 0 Å². The molecular weight excluding hydrogens is 477 g/mol. The maximum absolute atomic E-state index is 14.7. The highest BCUT2D eigenvalue weighted by atomic mass is 19.3. The third kappa shape index (κ3) is 4.55. The van der Waals surface area contributed by atoms with Crippen molar-refractivity contribution in [2.45, 2.75) is 24.4 Å². The number of hydrogen-bond acceptors (Lipinski definition) is 9. The number of alkyl halides is 3. The smallest absolute Gasteiger partial charge is 0.281 e. The number of aromatic nitrogens is 3. The van der Waals surface area contributed by atoms with Crippen LogP contribution in [0.3, 0.4) is 0 Å². The highest BCUT2D eigenvalue weighted by Crippen LogP contribution is 2.37. The Bertz CT molecular complexity index is 1250. The lowest BCUT2D eigenvalue weighted by molar-refractivity contribution is -0.0711. The average molecular weight is 505 g/mol. The fourth-order valence-electron chi connectivity index (χ4n) is 4.49. The second-order valence-corrected chi connectivity index (χ2v) is 8.86. The molecule has 3 aromatic rings. The monoisotopic (exact) mass is 504 g/mol. The molecule has 0 aliphatic carbocycles. The summed E-state index contributed by atoms with van der Waals surface area (Å²) in [6, 6.07) is 5.98. The highest BCUT2D eigenvalue weighted by molar-refractivity contribution is 5.87. The standard InChI is InChI=1S/C23H27F3N8O2/c1-35-21-20-16(14-3-4-17(31-27)18(9-14)28-7-2-6-24)5-8-34(20)32-22(30-21)29-19-10-33(13-23(19,25)26)15-11-36-12-15/h3-5,8-9,15,19,27-28H,2,6-7,10-13H2,1H3,(H,29,32)/t19-/m1/s1. The number of likely N-dealkylation sites (tertiary alicyclic amines) is 1. The van der Waals surface area contributed by atoms with E-state index in [1.165, 1.54) is 11.6 Å². The van der Waals surface area contributed by atoms with E-state index in [1.54, 1.807) is 23.2 Å². The van der Waals surface area contributed by atoms with Gasteiger partial charge in [0.25, 0.3) is 5.92 Å². The molecule has 192 valence electrons. The van der Waals surface area contributed by atoms with Gasteiger partial charge in [-0.05, 0) is 30.2 Å². The van der Waals surface area contributed by atoms with E-state index in [9.17, 15) is 13.2 Å². The quantitative estimate of drug-likeness (QED) is 0.283. The first-order chi connectivity index (χ1) is 17.4. The van der Waals surface area contributed by atoms with E-state index in [-0.39, 0.29) is 31.0 Å². The zero-order valence-electron chi connectivity index (χ0n) is 19.7. The van der Waals surface area contributed by atoms with Gasteiger partial charge in [0.15, 0.2) is 0 Å². The Morgan fingerprint density at radius 2 is 2.14 bits per heavy atom. The van der Waals surface area contributed by atoms with Crippen molar-refractivity contribution in [2.75, 3.05) is 57.3 Å². The molecule has 1 aromatic carbocycles. The van der Waals surface area contributed by atoms with Gasteiger partial charge in [-0.15, -0.1) is 5.10 Å². The van der Waals surface area contributed by atoms with Crippen molar-refractivity contribution >= 4 is 22.8 Å². The van der Waals surface area contributed by atoms with Crippen LogP contribution in [0.1, 0.15) is 6.42 Å². The number of anilines is 2. The van der Waals surface area contributed by atoms with E-state index in [0.717, 1.165) is 11.1 Å². The van der Waals surface area contributed by atoms with Crippen molar-refractivity contribution in [3.05, 3.63) is 30.5 Å². The molecule has 5 rings (SSSR count). The number of fused-ring (bicyclic) bond motifs is 1. The molecule has 0 saturated carbocycles. The Morgan fingerprint density at radius 3 is 2.83 bits per heavy atom. The maximum Gasteiger partial charge on any atom is 0.281 e. The minimum absolute atomic E-state index is 0.0122. The lowest BCUT2D eigenvalue weighted by atomic mass is 10.1. The number of rotatable bonds is 10. The average Bonchev–Trinajstić information content (AvgIpc) is 3.38. The Kier molecular flexibility index (Phi) is 6.67. The van der Waals surface area contributed by atoms with E-state index in [0.29, 0.717) is 43.1 Å². The summed E-state index contributed by atoms with van der Waals surface area (Å²) < 4.78 is 54.1. The minimum Gasteiger partial charge on any atom is -0.479 e. The van der Waals surface area contributed by atoms with Crippen LogP contribution >= 0.6 is 0 Å². The molecule has 0 amide bonds. The lowest BCUT2D eigenvalue weighted by Crippen LogP contribution is -2.48. The largest absolute Gasteiger partial charge is 0.479 e. The lowest BCUT2D eigenvalue weighted by Gasteiger charge is -2.34. The van der Waals surface area contributed by atoms with Crippen molar-refractivity contribution in [3.63, 3.8) is 0 Å². The molecule has 2 aliphatic rings. The van der Waals surface area contributed by atoms with Crippen LogP contribution in [0.25, 0.3) is 16.6 Å². The minimum atomic E-state index is -2.95. The summed E-state index contributed by atoms with van der Waals surface area (Å²) in [5.74, 6) is -2.69. The first-order valence-corrected chi connectivity index (χ1v) is 11.6. The van der Waals surface area contributed by atoms with Gasteiger partial charge in [-0.1, -0.05) is 6.07 Å². The first-order valence-electron chi connectivity index (χ1n) is 11.6. The molecule has 0 radical (unpaired) electrons. The summed E-state index contributed by atoms with van der Waals surface area (Å²) in [4.78, 5) is 6.11. The van der Waals surface area contributed by atoms with Crippen LogP contribution < -0.4 is 15.4 Å². The predicted molar refractivity (Wildman–Crippen MR) is 127 cm³/mol. The highest BCUT2D eigenvalue weighted by Gasteiger charge is 2.51. The number of nitrogens with zero attached hydrogens (tertiary/aromatic N) is 5. The van der Waals surface area contributed by atoms with Crippen LogP contribution in [-0.4, -0.2) is 84.1 Å². The van der Waals surface area contributed by atoms with E-state index in [4.69, 9.17) is 15.0 Å². The number of benzene rings is 1. The molecule has 1 atom stereocenters. The van der Waals surface area contributed by atoms with Crippen LogP contribution in [0.15, 0.2) is 35.6 Å². The summed E-state index contributed by atoms with van der Waals surface area (Å²) >= 11 is 0. The maximum atomic E-state index is 14.7. The van der Waals surface area contributed by atoms with Crippen molar-refractivity contribution in [1.29, 1.82) is 5.53 Å². The van der Waals surface area contributed by atoms with Crippen LogP contribution in [-0.2, 0) is 4.74 Å². The Labute approximate surface area is 205 Å². The normalized spacial score (nSPS) is 19.8. The Hall–Kier alpha value is -3.45. The molecule has 2 aliphatic heterocycles. The number of halogens is 3. The molecule has 2 aromatic heterocycles. The second-order valence-electron chi connectivity index (χ2n) is 8.86. The summed E-state index contributed by atoms with van der Waals surface area (Å²) in [6.45, 7) is 0.706. The van der Waals surface area contributed by atoms with Gasteiger partial charge in [-0.3, -0.25) is 9.29 Å². The van der Waals surface area contributed by atoms with E-state index < -0.39 is 18.6 Å². The summed E-state index contributed by atoms with van der Waals surface area (Å²) in [7, 11) is 1.46. The summed E-state index contributed by atoms with van der Waals surface area (Å²) in [5.41, 5.74) is 10.5. The van der Waals surface area contributed by atoms with Crippen molar-refractivity contribution in [2.24, 2.45) is 5.11 Å². The third-order valence-electron chi connectivity index (χ3n) is 6.51. The van der Waals surface area contributed by atoms with Crippen LogP contribution in [0.5, 0.6) is 5.88 Å². The van der Waals surface area contributed by atoms with Gasteiger partial charge in [0.1, 0.15) is 17.2 Å². The van der Waals surface area contributed by atoms with Gasteiger partial charge < -0.3 is 20.1 Å². The van der Waals surface area contributed by atoms with Gasteiger partial charge in [0.2, 0.25) is 11.8 Å². The molecular formula is C23H27F3N8O2. The molecule has 2 fully saturated rings. The summed E-state index contributed by atoms with van der Waals surface area (Å²) in [5, 5.41) is 13.8. The Balaban J connectivity index is 1.43. The number of ether oxygens (including phenoxy) is 2. The van der Waals surface area contributed by atoms with Crippen LogP contribution in [0.4, 0.5) is 30.5 Å². The molecule has 0 bridgehead atoms. The summed E-state index contributed by atoms with van der Waals surface area (Å²) in [6.07, 6.45) is 2.03. The second kappa shape index (κ2) is 9.90. The van der Waals surface area contributed by atoms with Gasteiger partial charge in [-0.25, -0.2) is 18.8 Å². The molecule has 0 spiro atoms. The van der Waals surface area contributed by atoms with Gasteiger partial charge in [-0.2, -0.15) is 10.1 Å². The van der Waals surface area contributed by atoms with E-state index in [2.05, 4.69) is 25.8 Å². The molecule has 0 unspecified atom stereocenters. The number of methoxy groups -OCH3 is 1. The molecule has 13 heteroatoms. The van der Waals surface area contributed by atoms with Gasteiger partial charge in [0.05, 0.1) is 45.3 Å². The van der Waals surface area contributed by atoms with Crippen molar-refractivity contribution in [3.8, 4) is 17.0 Å². The van der Waals surface area contributed by atoms with Crippen LogP contribution in [0, 0.1) is 5.53 Å². The molecule has 4 heterocycles. The van der Waals surface area contributed by atoms with Crippen molar-refractivity contribution < 1.29 is 22.6 Å². The zero-order valence-corrected chi connectivity index (χ0v) is 19.7. The Morgan fingerprint density at radius 1 is 1.31 bits per heavy atom. The molecule has 2 saturated heterocycles. The molecule has 3 N–H and O–H groups in total. The zero-order chi connectivity index (χ0) is 25.3. The molecule has 36 heavy (non-hydrogen) atoms. The van der Waals surface area contributed by atoms with Crippen molar-refractivity contribution in [1.82, 2.24) is 19.5 Å². The fraction of sp³-hybridized carbons (Fsp3) is 0.478. The predicted octanol–water partition coefficient (Wildman–Crippen LogP) is 3.97. The van der Waals surface area contributed by atoms with Gasteiger partial charge >= 0.3 is 0 Å². The number of nitrogens with one attached hydrogen (secondary N) is 3.